The third-order valence-corrected chi connectivity index (χ3v) is 5.18. The Morgan fingerprint density at radius 1 is 1.28 bits per heavy atom. The van der Waals surface area contributed by atoms with Crippen LogP contribution in [0.1, 0.15) is 45.7 Å². The normalized spacial score (nSPS) is 20.0. The Bertz CT molecular complexity index is 812. The van der Waals surface area contributed by atoms with Crippen LogP contribution >= 0.6 is 0 Å². The van der Waals surface area contributed by atoms with Crippen LogP contribution in [0, 0.1) is 19.8 Å². The third-order valence-electron chi connectivity index (χ3n) is 5.18. The first-order valence-corrected chi connectivity index (χ1v) is 8.55. The van der Waals surface area contributed by atoms with E-state index >= 15 is 0 Å². The molecule has 1 aliphatic heterocycles. The average molecular weight is 341 g/mol. The fourth-order valence-corrected chi connectivity index (χ4v) is 3.67. The molecule has 0 radical (unpaired) electrons. The second-order valence-electron chi connectivity index (χ2n) is 6.65. The highest BCUT2D eigenvalue weighted by Crippen LogP contribution is 2.35. The van der Waals surface area contributed by atoms with Gasteiger partial charge < -0.3 is 10.0 Å². The van der Waals surface area contributed by atoms with E-state index < -0.39 is 11.9 Å². The number of nitrogens with zero attached hydrogens (tertiary/aromatic N) is 2. The summed E-state index contributed by atoms with van der Waals surface area (Å²) in [6.45, 7) is 6.46. The van der Waals surface area contributed by atoms with Crippen LogP contribution in [0.5, 0.6) is 0 Å². The van der Waals surface area contributed by atoms with Crippen molar-refractivity contribution in [3.63, 3.8) is 0 Å². The molecule has 1 aliphatic rings. The minimum atomic E-state index is -0.864. The lowest BCUT2D eigenvalue weighted by Gasteiger charge is -2.17. The molecular weight excluding hydrogens is 318 g/mol. The Morgan fingerprint density at radius 2 is 2.00 bits per heavy atom. The van der Waals surface area contributed by atoms with Crippen molar-refractivity contribution in [3.8, 4) is 0 Å². The molecule has 2 atom stereocenters. The van der Waals surface area contributed by atoms with Crippen molar-refractivity contribution in [2.45, 2.75) is 33.1 Å². The van der Waals surface area contributed by atoms with Crippen LogP contribution in [0.4, 0.5) is 0 Å². The number of nitrogens with one attached hydrogen (secondary N) is 1. The van der Waals surface area contributed by atoms with Gasteiger partial charge in [-0.05, 0) is 31.4 Å². The number of aliphatic carboxylic acids is 1. The lowest BCUT2D eigenvalue weighted by molar-refractivity contribution is -0.141. The maximum Gasteiger partial charge on any atom is 0.308 e. The predicted molar refractivity (Wildman–Crippen MR) is 93.7 cm³/mol. The zero-order valence-corrected chi connectivity index (χ0v) is 14.7. The molecule has 1 aromatic heterocycles. The number of hydrogen-bond acceptors (Lipinski definition) is 3. The van der Waals surface area contributed by atoms with Crippen molar-refractivity contribution >= 4 is 11.9 Å². The fourth-order valence-electron chi connectivity index (χ4n) is 3.67. The number of carbonyl (C=O) groups excluding carboxylic acids is 1. The van der Waals surface area contributed by atoms with Gasteiger partial charge in [0.15, 0.2) is 5.69 Å². The second kappa shape index (κ2) is 6.70. The van der Waals surface area contributed by atoms with Crippen LogP contribution in [0.15, 0.2) is 24.3 Å². The van der Waals surface area contributed by atoms with Crippen LogP contribution in [0.25, 0.3) is 0 Å². The number of carboxylic acid groups (broad SMARTS) is 1. The summed E-state index contributed by atoms with van der Waals surface area (Å²) in [5.74, 6) is -1.87. The number of carbonyl (C=O) groups is 2. The molecule has 3 rings (SSSR count). The van der Waals surface area contributed by atoms with Crippen molar-refractivity contribution < 1.29 is 14.7 Å². The summed E-state index contributed by atoms with van der Waals surface area (Å²) in [7, 11) is 0. The molecular formula is C19H23N3O3. The minimum absolute atomic E-state index is 0.198. The van der Waals surface area contributed by atoms with Crippen LogP contribution in [-0.4, -0.2) is 45.2 Å². The van der Waals surface area contributed by atoms with Gasteiger partial charge in [0.25, 0.3) is 5.91 Å². The Labute approximate surface area is 146 Å². The molecule has 2 heterocycles. The van der Waals surface area contributed by atoms with Crippen molar-refractivity contribution in [1.82, 2.24) is 15.1 Å². The number of carboxylic acids is 1. The van der Waals surface area contributed by atoms with Crippen molar-refractivity contribution in [2.24, 2.45) is 5.92 Å². The molecule has 0 spiro atoms. The monoisotopic (exact) mass is 341 g/mol. The Hall–Kier alpha value is -2.63. The van der Waals surface area contributed by atoms with Gasteiger partial charge in [-0.2, -0.15) is 5.10 Å². The number of amides is 1. The van der Waals surface area contributed by atoms with E-state index in [-0.39, 0.29) is 18.4 Å². The molecule has 0 saturated carbocycles. The quantitative estimate of drug-likeness (QED) is 0.895. The number of aromatic amines is 1. The van der Waals surface area contributed by atoms with Crippen molar-refractivity contribution in [3.05, 3.63) is 52.3 Å². The van der Waals surface area contributed by atoms with Crippen LogP contribution in [0.3, 0.4) is 0 Å². The highest BCUT2D eigenvalue weighted by atomic mass is 16.4. The smallest absolute Gasteiger partial charge is 0.308 e. The lowest BCUT2D eigenvalue weighted by atomic mass is 9.86. The second-order valence-corrected chi connectivity index (χ2v) is 6.65. The molecule has 6 heteroatoms. The fraction of sp³-hybridized carbons (Fsp3) is 0.421. The molecule has 1 saturated heterocycles. The van der Waals surface area contributed by atoms with Crippen LogP contribution in [-0.2, 0) is 11.2 Å². The van der Waals surface area contributed by atoms with Crippen LogP contribution in [0.2, 0.25) is 0 Å². The van der Waals surface area contributed by atoms with Crippen molar-refractivity contribution in [2.75, 3.05) is 13.1 Å². The van der Waals surface area contributed by atoms with Gasteiger partial charge in [0.1, 0.15) is 0 Å². The molecule has 0 aliphatic carbocycles. The van der Waals surface area contributed by atoms with E-state index in [1.165, 1.54) is 0 Å². The number of aryl methyl sites for hydroxylation is 2. The Morgan fingerprint density at radius 3 is 2.60 bits per heavy atom. The highest BCUT2D eigenvalue weighted by molar-refractivity contribution is 5.94. The van der Waals surface area contributed by atoms with E-state index in [2.05, 4.69) is 10.2 Å². The molecule has 132 valence electrons. The number of H-pyrrole nitrogens is 1. The van der Waals surface area contributed by atoms with Gasteiger partial charge in [0.2, 0.25) is 0 Å². The molecule has 1 amide bonds. The zero-order valence-electron chi connectivity index (χ0n) is 14.7. The van der Waals surface area contributed by atoms with Gasteiger partial charge in [0.05, 0.1) is 5.92 Å². The van der Waals surface area contributed by atoms with E-state index in [0.717, 1.165) is 28.8 Å². The van der Waals surface area contributed by atoms with E-state index in [4.69, 9.17) is 0 Å². The number of likely N-dealkylation sites (tertiary alicyclic amines) is 1. The maximum absolute atomic E-state index is 12.9. The molecule has 0 unspecified atom stereocenters. The van der Waals surface area contributed by atoms with E-state index in [1.54, 1.807) is 4.90 Å². The van der Waals surface area contributed by atoms with E-state index in [0.29, 0.717) is 12.2 Å². The summed E-state index contributed by atoms with van der Waals surface area (Å²) in [5.41, 5.74) is 4.23. The van der Waals surface area contributed by atoms with Gasteiger partial charge in [-0.3, -0.25) is 14.7 Å². The third kappa shape index (κ3) is 3.04. The molecule has 2 N–H and O–H groups in total. The predicted octanol–water partition coefficient (Wildman–Crippen LogP) is 2.53. The lowest BCUT2D eigenvalue weighted by Crippen LogP contribution is -2.30. The summed E-state index contributed by atoms with van der Waals surface area (Å²) in [6, 6.07) is 7.78. The average Bonchev–Trinajstić information content (AvgIpc) is 3.18. The Balaban J connectivity index is 1.89. The summed E-state index contributed by atoms with van der Waals surface area (Å²) < 4.78 is 0. The maximum atomic E-state index is 12.9. The summed E-state index contributed by atoms with van der Waals surface area (Å²) >= 11 is 0. The largest absolute Gasteiger partial charge is 0.481 e. The van der Waals surface area contributed by atoms with Gasteiger partial charge >= 0.3 is 5.97 Å². The molecule has 25 heavy (non-hydrogen) atoms. The van der Waals surface area contributed by atoms with E-state index in [9.17, 15) is 14.7 Å². The first kappa shape index (κ1) is 17.2. The summed E-state index contributed by atoms with van der Waals surface area (Å²) in [5, 5.41) is 16.7. The number of benzene rings is 1. The first-order chi connectivity index (χ1) is 11.9. The summed E-state index contributed by atoms with van der Waals surface area (Å²) in [4.78, 5) is 26.3. The van der Waals surface area contributed by atoms with Gasteiger partial charge in [0, 0.05) is 30.3 Å². The van der Waals surface area contributed by atoms with Crippen LogP contribution < -0.4 is 0 Å². The molecule has 2 aromatic rings. The zero-order chi connectivity index (χ0) is 18.1. The number of aromatic nitrogens is 2. The first-order valence-electron chi connectivity index (χ1n) is 8.55. The number of hydrogen-bond donors (Lipinski definition) is 2. The van der Waals surface area contributed by atoms with Gasteiger partial charge in [-0.1, -0.05) is 31.2 Å². The van der Waals surface area contributed by atoms with Crippen molar-refractivity contribution in [1.29, 1.82) is 0 Å². The molecule has 6 nitrogen and oxygen atoms in total. The SMILES string of the molecule is CCc1[nH]nc(C(=O)N2C[C@@H](C(=O)O)[C@H](c3ccccc3C)C2)c1C. The molecule has 1 fully saturated rings. The Kier molecular flexibility index (Phi) is 4.61. The highest BCUT2D eigenvalue weighted by Gasteiger charge is 2.41. The molecule has 1 aromatic carbocycles. The van der Waals surface area contributed by atoms with E-state index in [1.807, 2.05) is 45.0 Å². The summed E-state index contributed by atoms with van der Waals surface area (Å²) in [6.07, 6.45) is 0.774. The minimum Gasteiger partial charge on any atom is -0.481 e. The van der Waals surface area contributed by atoms with Gasteiger partial charge in [-0.25, -0.2) is 0 Å². The topological polar surface area (TPSA) is 86.3 Å². The van der Waals surface area contributed by atoms with Gasteiger partial charge in [-0.15, -0.1) is 0 Å². The molecule has 0 bridgehead atoms. The number of rotatable bonds is 4. The standard InChI is InChI=1S/C19H23N3O3/c1-4-16-12(3)17(21-20-16)18(23)22-9-14(15(10-22)19(24)25)13-8-6-5-7-11(13)2/h5-8,14-15H,4,9-10H2,1-3H3,(H,20,21)(H,24,25)/t14-,15+/m0/s1.